The summed E-state index contributed by atoms with van der Waals surface area (Å²) in [7, 11) is -2.31. The topological polar surface area (TPSA) is 71.1 Å². The van der Waals surface area contributed by atoms with Crippen LogP contribution in [0.4, 0.5) is 0 Å². The van der Waals surface area contributed by atoms with Crippen LogP contribution in [0.5, 0.6) is 0 Å². The predicted molar refractivity (Wildman–Crippen MR) is 81.1 cm³/mol. The van der Waals surface area contributed by atoms with Gasteiger partial charge in [0.15, 0.2) is 5.31 Å². The summed E-state index contributed by atoms with van der Waals surface area (Å²) >= 11 is 0. The fraction of sp³-hybridized carbons (Fsp3) is 0.786. The fourth-order valence-corrected chi connectivity index (χ4v) is 3.55. The Bertz CT molecular complexity index is 381. The number of hydrogen-bond acceptors (Lipinski definition) is 6. The van der Waals surface area contributed by atoms with E-state index in [1.807, 2.05) is 6.92 Å². The van der Waals surface area contributed by atoms with Crippen molar-refractivity contribution < 1.29 is 27.9 Å². The smallest absolute Gasteiger partial charge is 0.372 e. The van der Waals surface area contributed by atoms with Gasteiger partial charge in [-0.1, -0.05) is 13.3 Å². The molecule has 0 aromatic rings. The van der Waals surface area contributed by atoms with E-state index < -0.39 is 13.6 Å². The van der Waals surface area contributed by atoms with Gasteiger partial charge in [0.25, 0.3) is 0 Å². The molecule has 21 heavy (non-hydrogen) atoms. The molecule has 0 aromatic heterocycles. The molecule has 124 valence electrons. The maximum atomic E-state index is 12.9. The summed E-state index contributed by atoms with van der Waals surface area (Å²) in [5.41, 5.74) is 0. The molecule has 0 amide bonds. The summed E-state index contributed by atoms with van der Waals surface area (Å²) in [6.07, 6.45) is 2.19. The molecule has 0 saturated heterocycles. The van der Waals surface area contributed by atoms with E-state index in [1.165, 1.54) is 7.11 Å². The molecule has 0 aliphatic carbocycles. The summed E-state index contributed by atoms with van der Waals surface area (Å²) in [4.78, 5) is 12.2. The average Bonchev–Trinajstić information content (AvgIpc) is 2.43. The van der Waals surface area contributed by atoms with Crippen LogP contribution in [-0.4, -0.2) is 32.9 Å². The number of unbranched alkanes of at least 4 members (excludes halogenated alkanes) is 1. The zero-order valence-electron chi connectivity index (χ0n) is 13.6. The Balaban J connectivity index is 5.80. The summed E-state index contributed by atoms with van der Waals surface area (Å²) in [5, 5.41) is -0.121. The number of methoxy groups -OCH3 is 1. The van der Waals surface area contributed by atoms with E-state index in [0.29, 0.717) is 12.2 Å². The molecule has 0 aliphatic rings. The quantitative estimate of drug-likeness (QED) is 0.249. The molecule has 0 rings (SSSR count). The number of esters is 1. The lowest BCUT2D eigenvalue weighted by Crippen LogP contribution is -2.15. The van der Waals surface area contributed by atoms with E-state index in [-0.39, 0.29) is 25.1 Å². The van der Waals surface area contributed by atoms with Crippen LogP contribution in [-0.2, 0) is 27.9 Å². The van der Waals surface area contributed by atoms with E-state index in [9.17, 15) is 9.36 Å². The zero-order chi connectivity index (χ0) is 16.3. The van der Waals surface area contributed by atoms with Gasteiger partial charge in [0.2, 0.25) is 0 Å². The molecule has 0 fully saturated rings. The average molecular weight is 322 g/mol. The van der Waals surface area contributed by atoms with Gasteiger partial charge in [0.05, 0.1) is 26.9 Å². The van der Waals surface area contributed by atoms with Crippen molar-refractivity contribution in [2.75, 3.05) is 26.9 Å². The van der Waals surface area contributed by atoms with Gasteiger partial charge < -0.3 is 18.5 Å². The van der Waals surface area contributed by atoms with Crippen LogP contribution in [0.1, 0.15) is 47.0 Å². The number of allylic oxidation sites excluding steroid dienone is 1. The maximum absolute atomic E-state index is 12.9. The lowest BCUT2D eigenvalue weighted by molar-refractivity contribution is -0.138. The van der Waals surface area contributed by atoms with Crippen LogP contribution in [0.25, 0.3) is 0 Å². The van der Waals surface area contributed by atoms with Gasteiger partial charge >= 0.3 is 13.6 Å². The molecule has 0 N–H and O–H groups in total. The summed E-state index contributed by atoms with van der Waals surface area (Å²) < 4.78 is 33.7. The fourth-order valence-electron chi connectivity index (χ4n) is 1.74. The highest BCUT2D eigenvalue weighted by molar-refractivity contribution is 7.60. The SMILES string of the molecule is CCCC/C(OC)=C(/C(=O)OCC)P(=O)(OCC)OCC. The minimum absolute atomic E-state index is 0.121. The standard InChI is InChI=1S/C14H27O6P/c1-6-10-11-12(17-5)13(14(15)18-7-2)21(16,19-8-3)20-9-4/h6-11H2,1-5H3/b13-12+. The van der Waals surface area contributed by atoms with Crippen molar-refractivity contribution >= 4 is 13.6 Å². The molecule has 0 aliphatic heterocycles. The van der Waals surface area contributed by atoms with Crippen molar-refractivity contribution in [3.8, 4) is 0 Å². The first kappa shape index (κ1) is 20.2. The van der Waals surface area contributed by atoms with Crippen molar-refractivity contribution in [2.45, 2.75) is 47.0 Å². The van der Waals surface area contributed by atoms with Gasteiger partial charge in [-0.05, 0) is 27.2 Å². The monoisotopic (exact) mass is 322 g/mol. The number of ether oxygens (including phenoxy) is 2. The number of carbonyl (C=O) groups is 1. The molecule has 0 radical (unpaired) electrons. The second kappa shape index (κ2) is 10.8. The Morgan fingerprint density at radius 2 is 1.57 bits per heavy atom. The van der Waals surface area contributed by atoms with E-state index in [2.05, 4.69) is 0 Å². The molecule has 0 unspecified atom stereocenters. The molecule has 6 nitrogen and oxygen atoms in total. The van der Waals surface area contributed by atoms with Gasteiger partial charge in [0, 0.05) is 6.42 Å². The lowest BCUT2D eigenvalue weighted by atomic mass is 10.2. The molecular formula is C14H27O6P. The van der Waals surface area contributed by atoms with E-state index in [4.69, 9.17) is 18.5 Å². The predicted octanol–water partition coefficient (Wildman–Crippen LogP) is 3.86. The van der Waals surface area contributed by atoms with Gasteiger partial charge in [-0.15, -0.1) is 0 Å². The summed E-state index contributed by atoms with van der Waals surface area (Å²) in [6, 6.07) is 0. The molecule has 0 aromatic carbocycles. The van der Waals surface area contributed by atoms with Crippen LogP contribution in [0.3, 0.4) is 0 Å². The van der Waals surface area contributed by atoms with Crippen molar-refractivity contribution in [3.05, 3.63) is 11.1 Å². The minimum Gasteiger partial charge on any atom is -0.500 e. The van der Waals surface area contributed by atoms with Gasteiger partial charge in [-0.3, -0.25) is 4.57 Å². The van der Waals surface area contributed by atoms with Crippen LogP contribution in [0, 0.1) is 0 Å². The minimum atomic E-state index is -3.75. The van der Waals surface area contributed by atoms with Crippen molar-refractivity contribution in [2.24, 2.45) is 0 Å². The van der Waals surface area contributed by atoms with E-state index in [1.54, 1.807) is 20.8 Å². The van der Waals surface area contributed by atoms with Crippen LogP contribution >= 0.6 is 7.60 Å². The Labute approximate surface area is 127 Å². The first-order valence-electron chi connectivity index (χ1n) is 7.34. The Hall–Kier alpha value is -0.840. The molecule has 0 saturated carbocycles. The van der Waals surface area contributed by atoms with Crippen LogP contribution in [0.2, 0.25) is 0 Å². The second-order valence-electron chi connectivity index (χ2n) is 4.13. The normalized spacial score (nSPS) is 12.8. The van der Waals surface area contributed by atoms with Crippen molar-refractivity contribution in [3.63, 3.8) is 0 Å². The zero-order valence-corrected chi connectivity index (χ0v) is 14.5. The van der Waals surface area contributed by atoms with E-state index >= 15 is 0 Å². The Kier molecular flexibility index (Phi) is 10.4. The molecule has 0 heterocycles. The number of hydrogen-bond donors (Lipinski definition) is 0. The largest absolute Gasteiger partial charge is 0.500 e. The Morgan fingerprint density at radius 3 is 1.95 bits per heavy atom. The first-order valence-corrected chi connectivity index (χ1v) is 8.88. The molecule has 0 spiro atoms. The lowest BCUT2D eigenvalue weighted by Gasteiger charge is -2.21. The Morgan fingerprint density at radius 1 is 1.00 bits per heavy atom. The second-order valence-corrected chi connectivity index (χ2v) is 6.09. The molecule has 0 bridgehead atoms. The number of carbonyl (C=O) groups excluding carboxylic acids is 1. The summed E-state index contributed by atoms with van der Waals surface area (Å²) in [5.74, 6) is -0.406. The highest BCUT2D eigenvalue weighted by Gasteiger charge is 2.39. The summed E-state index contributed by atoms with van der Waals surface area (Å²) in [6.45, 7) is 7.56. The molecule has 0 atom stereocenters. The van der Waals surface area contributed by atoms with Gasteiger partial charge in [-0.25, -0.2) is 4.79 Å². The van der Waals surface area contributed by atoms with Crippen molar-refractivity contribution in [1.29, 1.82) is 0 Å². The molecular weight excluding hydrogens is 295 g/mol. The van der Waals surface area contributed by atoms with Gasteiger partial charge in [0.1, 0.15) is 5.76 Å². The highest BCUT2D eigenvalue weighted by Crippen LogP contribution is 2.58. The highest BCUT2D eigenvalue weighted by atomic mass is 31.2. The van der Waals surface area contributed by atoms with Gasteiger partial charge in [-0.2, -0.15) is 0 Å². The van der Waals surface area contributed by atoms with Crippen LogP contribution in [0.15, 0.2) is 11.1 Å². The van der Waals surface area contributed by atoms with Crippen LogP contribution < -0.4 is 0 Å². The van der Waals surface area contributed by atoms with E-state index in [0.717, 1.165) is 12.8 Å². The third-order valence-corrected chi connectivity index (χ3v) is 4.78. The third kappa shape index (κ3) is 6.20. The first-order chi connectivity index (χ1) is 10.0. The van der Waals surface area contributed by atoms with Crippen molar-refractivity contribution in [1.82, 2.24) is 0 Å². The number of rotatable bonds is 11. The third-order valence-electron chi connectivity index (χ3n) is 2.61. The molecule has 7 heteroatoms. The maximum Gasteiger partial charge on any atom is 0.372 e.